The number of hydrogen-bond donors (Lipinski definition) is 1. The van der Waals surface area contributed by atoms with Gasteiger partial charge < -0.3 is 5.11 Å². The van der Waals surface area contributed by atoms with Gasteiger partial charge in [0, 0.05) is 4.90 Å². The van der Waals surface area contributed by atoms with Crippen LogP contribution in [0.4, 0.5) is 0 Å². The first-order chi connectivity index (χ1) is 9.47. The van der Waals surface area contributed by atoms with E-state index >= 15 is 0 Å². The Balaban J connectivity index is 2.70. The number of halogens is 1. The smallest absolute Gasteiger partial charge is 0.339 e. The summed E-state index contributed by atoms with van der Waals surface area (Å²) in [6.07, 6.45) is 0. The largest absolute Gasteiger partial charge is 0.478 e. The summed E-state index contributed by atoms with van der Waals surface area (Å²) in [5, 5.41) is 14.4. The molecule has 0 saturated heterocycles. The summed E-state index contributed by atoms with van der Waals surface area (Å²) >= 11 is 7.65. The van der Waals surface area contributed by atoms with E-state index in [2.05, 4.69) is 5.10 Å². The van der Waals surface area contributed by atoms with E-state index in [1.165, 1.54) is 11.8 Å². The average molecular weight is 311 g/mol. The minimum atomic E-state index is -0.958. The van der Waals surface area contributed by atoms with Gasteiger partial charge in [0.2, 0.25) is 0 Å². The Morgan fingerprint density at radius 3 is 2.65 bits per heavy atom. The highest BCUT2D eigenvalue weighted by atomic mass is 35.5. The van der Waals surface area contributed by atoms with Crippen molar-refractivity contribution >= 4 is 29.3 Å². The summed E-state index contributed by atoms with van der Waals surface area (Å²) < 4.78 is 1.60. The van der Waals surface area contributed by atoms with Crippen LogP contribution in [0.2, 0.25) is 5.02 Å². The molecule has 1 N–H and O–H groups in total. The van der Waals surface area contributed by atoms with Crippen LogP contribution in [0.5, 0.6) is 0 Å². The summed E-state index contributed by atoms with van der Waals surface area (Å²) in [6, 6.07) is 5.40. The van der Waals surface area contributed by atoms with Gasteiger partial charge in [-0.1, -0.05) is 24.6 Å². The van der Waals surface area contributed by atoms with Crippen LogP contribution in [-0.2, 0) is 0 Å². The lowest BCUT2D eigenvalue weighted by Crippen LogP contribution is -2.09. The molecule has 4 nitrogen and oxygen atoms in total. The van der Waals surface area contributed by atoms with Crippen LogP contribution < -0.4 is 0 Å². The minimum absolute atomic E-state index is 0.265. The molecule has 0 aliphatic carbocycles. The molecule has 0 saturated carbocycles. The Morgan fingerprint density at radius 1 is 1.45 bits per heavy atom. The molecular formula is C14H15ClN2O2S. The quantitative estimate of drug-likeness (QED) is 0.869. The van der Waals surface area contributed by atoms with Gasteiger partial charge in [-0.05, 0) is 31.7 Å². The van der Waals surface area contributed by atoms with Crippen LogP contribution in [0.3, 0.4) is 0 Å². The molecular weight excluding hydrogens is 296 g/mol. The Labute approximate surface area is 126 Å². The topological polar surface area (TPSA) is 55.1 Å². The van der Waals surface area contributed by atoms with E-state index in [1.807, 2.05) is 26.0 Å². The molecule has 0 radical (unpaired) electrons. The van der Waals surface area contributed by atoms with E-state index in [4.69, 9.17) is 11.6 Å². The number of carboxylic acid groups (broad SMARTS) is 1. The molecule has 1 aromatic heterocycles. The first kappa shape index (κ1) is 14.9. The first-order valence-corrected chi connectivity index (χ1v) is 7.55. The predicted molar refractivity (Wildman–Crippen MR) is 81.4 cm³/mol. The molecule has 20 heavy (non-hydrogen) atoms. The molecule has 0 spiro atoms. The number of carbonyl (C=O) groups is 1. The van der Waals surface area contributed by atoms with Gasteiger partial charge in [0.25, 0.3) is 0 Å². The molecule has 2 aromatic rings. The minimum Gasteiger partial charge on any atom is -0.478 e. The highest BCUT2D eigenvalue weighted by Gasteiger charge is 2.20. The number of nitrogens with zero attached hydrogens (tertiary/aromatic N) is 2. The van der Waals surface area contributed by atoms with Gasteiger partial charge in [-0.15, -0.1) is 11.8 Å². The molecule has 0 amide bonds. The maximum Gasteiger partial charge on any atom is 0.339 e. The number of thioether (sulfide) groups is 1. The summed E-state index contributed by atoms with van der Waals surface area (Å²) in [5.74, 6) is -0.151. The number of carboxylic acids is 1. The van der Waals surface area contributed by atoms with E-state index in [0.29, 0.717) is 16.4 Å². The third-order valence-electron chi connectivity index (χ3n) is 2.95. The zero-order chi connectivity index (χ0) is 14.9. The van der Waals surface area contributed by atoms with E-state index in [1.54, 1.807) is 17.7 Å². The third-order valence-corrected chi connectivity index (χ3v) is 4.44. The number of aromatic carboxylic acids is 1. The Kier molecular flexibility index (Phi) is 4.40. The third kappa shape index (κ3) is 2.55. The Morgan fingerprint density at radius 2 is 2.15 bits per heavy atom. The van der Waals surface area contributed by atoms with Gasteiger partial charge in [0.05, 0.1) is 27.7 Å². The van der Waals surface area contributed by atoms with E-state index < -0.39 is 5.97 Å². The number of benzene rings is 1. The fraction of sp³-hybridized carbons (Fsp3) is 0.286. The van der Waals surface area contributed by atoms with Crippen molar-refractivity contribution < 1.29 is 9.90 Å². The average Bonchev–Trinajstić information content (AvgIpc) is 2.66. The summed E-state index contributed by atoms with van der Waals surface area (Å²) in [4.78, 5) is 12.3. The lowest BCUT2D eigenvalue weighted by molar-refractivity contribution is 0.0693. The molecule has 1 heterocycles. The zero-order valence-electron chi connectivity index (χ0n) is 11.5. The van der Waals surface area contributed by atoms with Crippen LogP contribution in [0.15, 0.2) is 23.1 Å². The fourth-order valence-electron chi connectivity index (χ4n) is 2.05. The standard InChI is InChI=1S/C14H15ClN2O2S/c1-4-20-11-7-5-6-10(12(11)14(18)19)17-9(3)13(15)8(2)16-17/h5-7H,4H2,1-3H3,(H,18,19). The number of aromatic nitrogens is 2. The van der Waals surface area contributed by atoms with Gasteiger partial charge in [0.15, 0.2) is 0 Å². The maximum atomic E-state index is 11.6. The molecule has 0 unspecified atom stereocenters. The van der Waals surface area contributed by atoms with Crippen LogP contribution in [0, 0.1) is 13.8 Å². The number of hydrogen-bond acceptors (Lipinski definition) is 3. The highest BCUT2D eigenvalue weighted by molar-refractivity contribution is 7.99. The SMILES string of the molecule is CCSc1cccc(-n2nc(C)c(Cl)c2C)c1C(=O)O. The van der Waals surface area contributed by atoms with Crippen molar-refractivity contribution in [2.24, 2.45) is 0 Å². The van der Waals surface area contributed by atoms with Gasteiger partial charge in [-0.2, -0.15) is 5.10 Å². The van der Waals surface area contributed by atoms with E-state index in [0.717, 1.165) is 16.3 Å². The monoisotopic (exact) mass is 310 g/mol. The summed E-state index contributed by atoms with van der Waals surface area (Å²) in [6.45, 7) is 5.62. The lowest BCUT2D eigenvalue weighted by atomic mass is 10.1. The molecule has 0 atom stereocenters. The van der Waals surface area contributed by atoms with E-state index in [9.17, 15) is 9.90 Å². The van der Waals surface area contributed by atoms with Crippen molar-refractivity contribution in [2.75, 3.05) is 5.75 Å². The van der Waals surface area contributed by atoms with Crippen molar-refractivity contribution in [1.29, 1.82) is 0 Å². The second-order valence-corrected chi connectivity index (χ2v) is 5.97. The van der Waals surface area contributed by atoms with Gasteiger partial charge in [-0.25, -0.2) is 9.48 Å². The summed E-state index contributed by atoms with van der Waals surface area (Å²) in [5.41, 5.74) is 2.24. The van der Waals surface area contributed by atoms with Crippen molar-refractivity contribution in [2.45, 2.75) is 25.7 Å². The molecule has 0 fully saturated rings. The van der Waals surface area contributed by atoms with Gasteiger partial charge in [-0.3, -0.25) is 0 Å². The zero-order valence-corrected chi connectivity index (χ0v) is 13.0. The van der Waals surface area contributed by atoms with Crippen molar-refractivity contribution in [3.63, 3.8) is 0 Å². The molecule has 2 rings (SSSR count). The molecule has 0 aliphatic rings. The Hall–Kier alpha value is -1.46. The van der Waals surface area contributed by atoms with Crippen LogP contribution in [-0.4, -0.2) is 26.6 Å². The molecule has 6 heteroatoms. The predicted octanol–water partition coefficient (Wildman–Crippen LogP) is 3.95. The van der Waals surface area contributed by atoms with Crippen molar-refractivity contribution in [3.8, 4) is 5.69 Å². The number of aryl methyl sites for hydroxylation is 1. The molecule has 106 valence electrons. The van der Waals surface area contributed by atoms with Crippen LogP contribution in [0.25, 0.3) is 5.69 Å². The number of rotatable bonds is 4. The second kappa shape index (κ2) is 5.89. The fourth-order valence-corrected chi connectivity index (χ4v) is 2.98. The lowest BCUT2D eigenvalue weighted by Gasteiger charge is -2.12. The van der Waals surface area contributed by atoms with Crippen molar-refractivity contribution in [1.82, 2.24) is 9.78 Å². The van der Waals surface area contributed by atoms with E-state index in [-0.39, 0.29) is 5.56 Å². The highest BCUT2D eigenvalue weighted by Crippen LogP contribution is 2.30. The molecule has 0 bridgehead atoms. The Bertz CT molecular complexity index is 667. The van der Waals surface area contributed by atoms with Crippen LogP contribution in [0.1, 0.15) is 28.7 Å². The van der Waals surface area contributed by atoms with Gasteiger partial charge in [0.1, 0.15) is 0 Å². The molecule has 0 aliphatic heterocycles. The molecule has 1 aromatic carbocycles. The summed E-state index contributed by atoms with van der Waals surface area (Å²) in [7, 11) is 0. The van der Waals surface area contributed by atoms with Crippen molar-refractivity contribution in [3.05, 3.63) is 40.2 Å². The van der Waals surface area contributed by atoms with Crippen LogP contribution >= 0.6 is 23.4 Å². The van der Waals surface area contributed by atoms with Gasteiger partial charge >= 0.3 is 5.97 Å². The second-order valence-electron chi connectivity index (χ2n) is 4.29. The normalized spacial score (nSPS) is 10.8. The first-order valence-electron chi connectivity index (χ1n) is 6.18. The maximum absolute atomic E-state index is 11.6.